The predicted molar refractivity (Wildman–Crippen MR) is 137 cm³/mol. The van der Waals surface area contributed by atoms with Crippen molar-refractivity contribution in [1.29, 1.82) is 0 Å². The number of ether oxygens (including phenoxy) is 3. The van der Waals surface area contributed by atoms with Crippen molar-refractivity contribution in [2.45, 2.75) is 32.9 Å². The minimum Gasteiger partial charge on any atom is -0.492 e. The SMILES string of the molecule is CN=C(NCCNC(=O)OC(C)(C)C)NCc1ccccc1OCCN1CCOCC1.I. The van der Waals surface area contributed by atoms with Crippen molar-refractivity contribution >= 4 is 36.0 Å². The van der Waals surface area contributed by atoms with Crippen molar-refractivity contribution in [1.82, 2.24) is 20.9 Å². The van der Waals surface area contributed by atoms with E-state index in [4.69, 9.17) is 14.2 Å². The summed E-state index contributed by atoms with van der Waals surface area (Å²) in [5.74, 6) is 1.51. The minimum atomic E-state index is -0.507. The van der Waals surface area contributed by atoms with Crippen LogP contribution in [0.2, 0.25) is 0 Å². The summed E-state index contributed by atoms with van der Waals surface area (Å²) >= 11 is 0. The van der Waals surface area contributed by atoms with Gasteiger partial charge in [-0.25, -0.2) is 4.79 Å². The van der Waals surface area contributed by atoms with Crippen LogP contribution in [-0.4, -0.2) is 82.1 Å². The Morgan fingerprint density at radius 1 is 1.12 bits per heavy atom. The van der Waals surface area contributed by atoms with Gasteiger partial charge in [0.2, 0.25) is 0 Å². The number of para-hydroxylation sites is 1. The summed E-state index contributed by atoms with van der Waals surface area (Å²) < 4.78 is 16.6. The highest BCUT2D eigenvalue weighted by Gasteiger charge is 2.15. The van der Waals surface area contributed by atoms with Crippen LogP contribution in [0.5, 0.6) is 5.75 Å². The topological polar surface area (TPSA) is 96.5 Å². The number of hydrogen-bond donors (Lipinski definition) is 3. The van der Waals surface area contributed by atoms with E-state index in [1.54, 1.807) is 7.05 Å². The van der Waals surface area contributed by atoms with Gasteiger partial charge in [-0.2, -0.15) is 0 Å². The van der Waals surface area contributed by atoms with E-state index in [0.717, 1.165) is 44.2 Å². The fourth-order valence-corrected chi connectivity index (χ4v) is 2.96. The number of amides is 1. The van der Waals surface area contributed by atoms with Gasteiger partial charge < -0.3 is 30.2 Å². The van der Waals surface area contributed by atoms with E-state index in [1.807, 2.05) is 45.0 Å². The first-order valence-electron chi connectivity index (χ1n) is 10.8. The van der Waals surface area contributed by atoms with Crippen LogP contribution >= 0.6 is 24.0 Å². The number of benzene rings is 1. The van der Waals surface area contributed by atoms with Crippen LogP contribution in [0.3, 0.4) is 0 Å². The average molecular weight is 563 g/mol. The monoisotopic (exact) mass is 563 g/mol. The lowest BCUT2D eigenvalue weighted by atomic mass is 10.2. The quantitative estimate of drug-likeness (QED) is 0.184. The van der Waals surface area contributed by atoms with Crippen LogP contribution in [0.15, 0.2) is 29.3 Å². The summed E-state index contributed by atoms with van der Waals surface area (Å²) in [6.45, 7) is 12.1. The van der Waals surface area contributed by atoms with Crippen LogP contribution in [-0.2, 0) is 16.0 Å². The third-order valence-corrected chi connectivity index (χ3v) is 4.50. The highest BCUT2D eigenvalue weighted by molar-refractivity contribution is 14.0. The summed E-state index contributed by atoms with van der Waals surface area (Å²) in [6.07, 6.45) is -0.430. The van der Waals surface area contributed by atoms with Crippen LogP contribution in [0, 0.1) is 0 Å². The number of nitrogens with one attached hydrogen (secondary N) is 3. The van der Waals surface area contributed by atoms with Gasteiger partial charge in [-0.05, 0) is 26.8 Å². The van der Waals surface area contributed by atoms with Gasteiger partial charge >= 0.3 is 6.09 Å². The normalized spacial score (nSPS) is 14.8. The molecule has 3 N–H and O–H groups in total. The third kappa shape index (κ3) is 11.7. The van der Waals surface area contributed by atoms with E-state index < -0.39 is 11.7 Å². The highest BCUT2D eigenvalue weighted by Crippen LogP contribution is 2.17. The molecular formula is C22H38IN5O4. The Balaban J connectivity index is 0.00000512. The molecule has 1 aromatic carbocycles. The maximum Gasteiger partial charge on any atom is 0.407 e. The molecule has 2 rings (SSSR count). The molecule has 32 heavy (non-hydrogen) atoms. The molecule has 0 bridgehead atoms. The molecule has 1 aromatic rings. The second-order valence-electron chi connectivity index (χ2n) is 8.19. The zero-order valence-corrected chi connectivity index (χ0v) is 21.9. The molecule has 10 heteroatoms. The van der Waals surface area contributed by atoms with Crippen molar-refractivity contribution < 1.29 is 19.0 Å². The molecule has 0 unspecified atom stereocenters. The zero-order chi connectivity index (χ0) is 22.5. The average Bonchev–Trinajstić information content (AvgIpc) is 2.73. The van der Waals surface area contributed by atoms with E-state index in [9.17, 15) is 4.79 Å². The van der Waals surface area contributed by atoms with Crippen LogP contribution < -0.4 is 20.7 Å². The molecule has 1 aliphatic rings. The summed E-state index contributed by atoms with van der Waals surface area (Å²) in [5, 5.41) is 9.17. The van der Waals surface area contributed by atoms with Gasteiger partial charge in [-0.1, -0.05) is 18.2 Å². The van der Waals surface area contributed by atoms with Gasteiger partial charge in [0.25, 0.3) is 0 Å². The van der Waals surface area contributed by atoms with Crippen molar-refractivity contribution in [2.75, 3.05) is 59.6 Å². The number of hydrogen-bond acceptors (Lipinski definition) is 6. The number of nitrogens with zero attached hydrogens (tertiary/aromatic N) is 2. The maximum atomic E-state index is 11.7. The Morgan fingerprint density at radius 2 is 1.81 bits per heavy atom. The predicted octanol–water partition coefficient (Wildman–Crippen LogP) is 2.21. The van der Waals surface area contributed by atoms with Crippen molar-refractivity contribution in [3.05, 3.63) is 29.8 Å². The molecule has 0 spiro atoms. The van der Waals surface area contributed by atoms with Crippen molar-refractivity contribution in [2.24, 2.45) is 4.99 Å². The van der Waals surface area contributed by atoms with Gasteiger partial charge in [-0.15, -0.1) is 24.0 Å². The van der Waals surface area contributed by atoms with E-state index in [1.165, 1.54) is 0 Å². The van der Waals surface area contributed by atoms with Gasteiger partial charge in [0.05, 0.1) is 13.2 Å². The first kappa shape index (κ1) is 28.2. The number of guanidine groups is 1. The van der Waals surface area contributed by atoms with Crippen molar-refractivity contribution in [3.8, 4) is 5.75 Å². The van der Waals surface area contributed by atoms with E-state index in [-0.39, 0.29) is 24.0 Å². The first-order valence-corrected chi connectivity index (χ1v) is 10.8. The zero-order valence-electron chi connectivity index (χ0n) is 19.6. The number of halogens is 1. The lowest BCUT2D eigenvalue weighted by Crippen LogP contribution is -2.42. The van der Waals surface area contributed by atoms with Crippen LogP contribution in [0.1, 0.15) is 26.3 Å². The Hall–Kier alpha value is -1.79. The number of alkyl carbamates (subject to hydrolysis) is 1. The lowest BCUT2D eigenvalue weighted by molar-refractivity contribution is 0.0322. The molecule has 1 aliphatic heterocycles. The van der Waals surface area contributed by atoms with E-state index in [2.05, 4.69) is 25.8 Å². The number of carbonyl (C=O) groups excluding carboxylic acids is 1. The Kier molecular flexibility index (Phi) is 13.3. The largest absolute Gasteiger partial charge is 0.492 e. The fourth-order valence-electron chi connectivity index (χ4n) is 2.96. The highest BCUT2D eigenvalue weighted by atomic mass is 127. The van der Waals surface area contributed by atoms with Gasteiger partial charge in [0.1, 0.15) is 18.0 Å². The van der Waals surface area contributed by atoms with E-state index >= 15 is 0 Å². The molecule has 1 fully saturated rings. The molecule has 0 atom stereocenters. The van der Waals surface area contributed by atoms with Gasteiger partial charge in [-0.3, -0.25) is 9.89 Å². The molecular weight excluding hydrogens is 525 g/mol. The van der Waals surface area contributed by atoms with Crippen molar-refractivity contribution in [3.63, 3.8) is 0 Å². The standard InChI is InChI=1S/C22H37N5O4.HI/c1-22(2,3)31-21(28)25-10-9-24-20(23-4)26-17-18-7-5-6-8-19(18)30-16-13-27-11-14-29-15-12-27;/h5-8H,9-17H2,1-4H3,(H,25,28)(H2,23,24,26);1H. The Labute approximate surface area is 208 Å². The van der Waals surface area contributed by atoms with Gasteiger partial charge in [0, 0.05) is 51.9 Å². The molecule has 0 radical (unpaired) electrons. The number of rotatable bonds is 9. The smallest absolute Gasteiger partial charge is 0.407 e. The first-order chi connectivity index (χ1) is 14.9. The minimum absolute atomic E-state index is 0. The fraction of sp³-hybridized carbons (Fsp3) is 0.636. The molecule has 0 saturated carbocycles. The molecule has 0 aromatic heterocycles. The summed E-state index contributed by atoms with van der Waals surface area (Å²) in [6, 6.07) is 7.99. The molecule has 182 valence electrons. The second kappa shape index (κ2) is 15.1. The molecule has 0 aliphatic carbocycles. The maximum absolute atomic E-state index is 11.7. The third-order valence-electron chi connectivity index (χ3n) is 4.50. The Morgan fingerprint density at radius 3 is 2.50 bits per heavy atom. The number of carbonyl (C=O) groups is 1. The van der Waals surface area contributed by atoms with Crippen LogP contribution in [0.25, 0.3) is 0 Å². The summed E-state index contributed by atoms with van der Waals surface area (Å²) in [5.41, 5.74) is 0.548. The molecule has 1 heterocycles. The molecule has 1 amide bonds. The number of morpholine rings is 1. The molecule has 9 nitrogen and oxygen atoms in total. The van der Waals surface area contributed by atoms with Crippen LogP contribution in [0.4, 0.5) is 4.79 Å². The summed E-state index contributed by atoms with van der Waals surface area (Å²) in [7, 11) is 1.71. The Bertz CT molecular complexity index is 706. The van der Waals surface area contributed by atoms with Gasteiger partial charge in [0.15, 0.2) is 5.96 Å². The number of aliphatic imine (C=N–C) groups is 1. The lowest BCUT2D eigenvalue weighted by Gasteiger charge is -2.26. The second-order valence-corrected chi connectivity index (χ2v) is 8.19. The van der Waals surface area contributed by atoms with E-state index in [0.29, 0.717) is 32.2 Å². The summed E-state index contributed by atoms with van der Waals surface area (Å²) in [4.78, 5) is 18.3. The molecule has 1 saturated heterocycles.